The van der Waals surface area contributed by atoms with E-state index in [9.17, 15) is 9.59 Å². The first kappa shape index (κ1) is 26.7. The van der Waals surface area contributed by atoms with Crippen molar-refractivity contribution in [3.05, 3.63) is 76.5 Å². The third-order valence-electron chi connectivity index (χ3n) is 7.25. The lowest BCUT2D eigenvalue weighted by molar-refractivity contribution is -0.117. The minimum absolute atomic E-state index is 0.0575. The molecule has 2 aliphatic rings. The van der Waals surface area contributed by atoms with Crippen LogP contribution >= 0.6 is 11.6 Å². The average Bonchev–Trinajstić information content (AvgIpc) is 3.40. The van der Waals surface area contributed by atoms with Gasteiger partial charge in [-0.3, -0.25) is 14.6 Å². The number of carbonyl (C=O) groups excluding carboxylic acids is 2. The maximum atomic E-state index is 13.2. The highest BCUT2D eigenvalue weighted by molar-refractivity contribution is 6.32. The Labute approximate surface area is 241 Å². The van der Waals surface area contributed by atoms with Crippen LogP contribution in [0.1, 0.15) is 46.6 Å². The number of pyridine rings is 1. The van der Waals surface area contributed by atoms with Gasteiger partial charge in [0.25, 0.3) is 5.91 Å². The fourth-order valence-electron chi connectivity index (χ4n) is 5.26. The summed E-state index contributed by atoms with van der Waals surface area (Å²) in [6, 6.07) is 9.42. The molecule has 12 heteroatoms. The minimum atomic E-state index is -0.161. The lowest BCUT2D eigenvalue weighted by Gasteiger charge is -2.32. The number of anilines is 5. The Morgan fingerprint density at radius 3 is 2.88 bits per heavy atom. The van der Waals surface area contributed by atoms with Gasteiger partial charge in [0.15, 0.2) is 11.5 Å². The highest BCUT2D eigenvalue weighted by atomic mass is 35.5. The Bertz CT molecular complexity index is 1610. The molecule has 3 N–H and O–H groups in total. The summed E-state index contributed by atoms with van der Waals surface area (Å²) >= 11 is 6.37. The Morgan fingerprint density at radius 2 is 2.02 bits per heavy atom. The highest BCUT2D eigenvalue weighted by Crippen LogP contribution is 2.30. The van der Waals surface area contributed by atoms with Crippen LogP contribution in [-0.2, 0) is 17.6 Å². The molecule has 1 saturated heterocycles. The number of amides is 2. The summed E-state index contributed by atoms with van der Waals surface area (Å²) in [6.45, 7) is 2.91. The third kappa shape index (κ3) is 6.30. The smallest absolute Gasteiger partial charge is 0.276 e. The standard InChI is InChI=1S/C29H29ClN8O3/c1-17-9-25(37-41-17)28(40)38-8-2-3-19(16-38)11-26(39)35-24-7-6-21-12-20(24)5-4-18-10-22(14-31-13-18)34-29-32-15-23(30)27(33-21)36-29/h6-7,9-10,12-15,19H,2-5,8,11,16H2,1H3,(H,35,39)(H2,32,33,34,36)/t19-/m0/s1. The Hall–Kier alpha value is -4.51. The van der Waals surface area contributed by atoms with Crippen LogP contribution < -0.4 is 16.0 Å². The van der Waals surface area contributed by atoms with Crippen molar-refractivity contribution in [1.29, 1.82) is 0 Å². The number of hydrogen-bond donors (Lipinski definition) is 3. The van der Waals surface area contributed by atoms with E-state index >= 15 is 0 Å². The molecule has 1 aromatic carbocycles. The van der Waals surface area contributed by atoms with Crippen molar-refractivity contribution < 1.29 is 14.1 Å². The second kappa shape index (κ2) is 11.5. The number of aromatic nitrogens is 4. The number of nitrogens with one attached hydrogen (secondary N) is 3. The van der Waals surface area contributed by atoms with E-state index < -0.39 is 0 Å². The SMILES string of the molecule is Cc1cc(C(=O)N2CCC[C@@H](CC(=O)Nc3ccc4cc3CCc3cncc(c3)Nc3ncc(Cl)c(n3)N4)C2)no1. The van der Waals surface area contributed by atoms with E-state index in [4.69, 9.17) is 16.1 Å². The molecule has 41 heavy (non-hydrogen) atoms. The zero-order valence-corrected chi connectivity index (χ0v) is 23.2. The molecule has 6 bridgehead atoms. The summed E-state index contributed by atoms with van der Waals surface area (Å²) in [5.74, 6) is 1.27. The number of likely N-dealkylation sites (tertiary alicyclic amines) is 1. The van der Waals surface area contributed by atoms with Gasteiger partial charge < -0.3 is 25.4 Å². The van der Waals surface area contributed by atoms with Gasteiger partial charge in [0.05, 0.1) is 18.1 Å². The molecule has 210 valence electrons. The van der Waals surface area contributed by atoms with E-state index in [0.29, 0.717) is 54.2 Å². The predicted molar refractivity (Wildman–Crippen MR) is 155 cm³/mol. The molecule has 0 unspecified atom stereocenters. The summed E-state index contributed by atoms with van der Waals surface area (Å²) in [5.41, 5.74) is 4.61. The Kier molecular flexibility index (Phi) is 7.51. The number of rotatable bonds is 4. The molecule has 5 heterocycles. The van der Waals surface area contributed by atoms with Crippen LogP contribution in [0.3, 0.4) is 0 Å². The van der Waals surface area contributed by atoms with E-state index in [-0.39, 0.29) is 17.7 Å². The molecular formula is C29H29ClN8O3. The van der Waals surface area contributed by atoms with Crippen molar-refractivity contribution in [2.75, 3.05) is 29.0 Å². The van der Waals surface area contributed by atoms with Crippen LogP contribution in [0, 0.1) is 12.8 Å². The van der Waals surface area contributed by atoms with Crippen LogP contribution in [-0.4, -0.2) is 49.9 Å². The molecule has 0 spiro atoms. The number of carbonyl (C=O) groups is 2. The van der Waals surface area contributed by atoms with Gasteiger partial charge in [-0.05, 0) is 73.9 Å². The molecule has 6 rings (SSSR count). The Balaban J connectivity index is 1.18. The maximum absolute atomic E-state index is 13.2. The highest BCUT2D eigenvalue weighted by Gasteiger charge is 2.28. The van der Waals surface area contributed by atoms with Gasteiger partial charge in [0, 0.05) is 43.1 Å². The van der Waals surface area contributed by atoms with Gasteiger partial charge >= 0.3 is 0 Å². The van der Waals surface area contributed by atoms with Crippen LogP contribution in [0.25, 0.3) is 0 Å². The van der Waals surface area contributed by atoms with E-state index in [1.807, 2.05) is 30.5 Å². The summed E-state index contributed by atoms with van der Waals surface area (Å²) in [5, 5.41) is 13.8. The lowest BCUT2D eigenvalue weighted by Crippen LogP contribution is -2.41. The van der Waals surface area contributed by atoms with Crippen LogP contribution in [0.5, 0.6) is 0 Å². The molecule has 0 saturated carbocycles. The summed E-state index contributed by atoms with van der Waals surface area (Å²) in [6.07, 6.45) is 8.51. The monoisotopic (exact) mass is 572 g/mol. The van der Waals surface area contributed by atoms with Crippen molar-refractivity contribution in [3.8, 4) is 0 Å². The molecule has 1 fully saturated rings. The van der Waals surface area contributed by atoms with Crippen molar-refractivity contribution in [2.24, 2.45) is 5.92 Å². The van der Waals surface area contributed by atoms with E-state index in [1.165, 1.54) is 0 Å². The van der Waals surface area contributed by atoms with Crippen molar-refractivity contribution in [3.63, 3.8) is 0 Å². The van der Waals surface area contributed by atoms with Gasteiger partial charge in [-0.15, -0.1) is 0 Å². The molecule has 0 aliphatic carbocycles. The molecule has 2 aliphatic heterocycles. The van der Waals surface area contributed by atoms with E-state index in [0.717, 1.165) is 47.5 Å². The molecule has 4 aromatic rings. The minimum Gasteiger partial charge on any atom is -0.361 e. The molecule has 2 amide bonds. The zero-order valence-electron chi connectivity index (χ0n) is 22.5. The van der Waals surface area contributed by atoms with Gasteiger partial charge in [0.2, 0.25) is 11.9 Å². The topological polar surface area (TPSA) is 138 Å². The van der Waals surface area contributed by atoms with Gasteiger partial charge in [-0.25, -0.2) is 4.98 Å². The quantitative estimate of drug-likeness (QED) is 0.298. The number of nitrogens with zero attached hydrogens (tertiary/aromatic N) is 5. The van der Waals surface area contributed by atoms with E-state index in [2.05, 4.69) is 36.1 Å². The van der Waals surface area contributed by atoms with E-state index in [1.54, 1.807) is 30.3 Å². The first-order valence-electron chi connectivity index (χ1n) is 13.6. The maximum Gasteiger partial charge on any atom is 0.276 e. The fraction of sp³-hybridized carbons (Fsp3) is 0.310. The number of halogens is 1. The molecular weight excluding hydrogens is 544 g/mol. The van der Waals surface area contributed by atoms with Crippen LogP contribution in [0.2, 0.25) is 5.02 Å². The number of benzene rings is 1. The van der Waals surface area contributed by atoms with Gasteiger partial charge in [-0.2, -0.15) is 4.98 Å². The second-order valence-electron chi connectivity index (χ2n) is 10.4. The average molecular weight is 573 g/mol. The van der Waals surface area contributed by atoms with Crippen molar-refractivity contribution in [2.45, 2.75) is 39.0 Å². The number of hydrogen-bond acceptors (Lipinski definition) is 9. The number of aryl methyl sites for hydroxylation is 3. The number of fused-ring (bicyclic) bond motifs is 6. The largest absolute Gasteiger partial charge is 0.361 e. The van der Waals surface area contributed by atoms with Gasteiger partial charge in [0.1, 0.15) is 10.8 Å². The molecule has 0 radical (unpaired) electrons. The van der Waals surface area contributed by atoms with Gasteiger partial charge in [-0.1, -0.05) is 16.8 Å². The molecule has 3 aromatic heterocycles. The normalized spacial score (nSPS) is 16.3. The summed E-state index contributed by atoms with van der Waals surface area (Å²) < 4.78 is 5.06. The Morgan fingerprint density at radius 1 is 1.12 bits per heavy atom. The molecule has 11 nitrogen and oxygen atoms in total. The summed E-state index contributed by atoms with van der Waals surface area (Å²) in [7, 11) is 0. The van der Waals surface area contributed by atoms with Crippen LogP contribution in [0.4, 0.5) is 28.8 Å². The fourth-order valence-corrected chi connectivity index (χ4v) is 5.40. The first-order chi connectivity index (χ1) is 19.9. The second-order valence-corrected chi connectivity index (χ2v) is 10.8. The first-order valence-corrected chi connectivity index (χ1v) is 13.9. The van der Waals surface area contributed by atoms with Crippen LogP contribution in [0.15, 0.2) is 53.4 Å². The molecule has 1 atom stereocenters. The zero-order chi connectivity index (χ0) is 28.3. The summed E-state index contributed by atoms with van der Waals surface area (Å²) in [4.78, 5) is 41.0. The number of piperidine rings is 1. The third-order valence-corrected chi connectivity index (χ3v) is 7.52. The predicted octanol–water partition coefficient (Wildman–Crippen LogP) is 5.29. The van der Waals surface area contributed by atoms with Crippen molar-refractivity contribution >= 4 is 52.2 Å². The van der Waals surface area contributed by atoms with Crippen molar-refractivity contribution in [1.82, 2.24) is 25.0 Å². The lowest BCUT2D eigenvalue weighted by atomic mass is 9.94.